The molecule has 0 N–H and O–H groups in total. The molecule has 5 nitrogen and oxygen atoms in total. The third kappa shape index (κ3) is 4.72. The van der Waals surface area contributed by atoms with Gasteiger partial charge >= 0.3 is 0 Å². The fraction of sp³-hybridized carbons (Fsp3) is 0.500. The van der Waals surface area contributed by atoms with Crippen LogP contribution in [0.3, 0.4) is 0 Å². The van der Waals surface area contributed by atoms with Crippen LogP contribution in [0.5, 0.6) is 0 Å². The molecule has 0 unspecified atom stereocenters. The monoisotopic (exact) mass is 367 g/mol. The maximum Gasteiger partial charge on any atom is 0.253 e. The summed E-state index contributed by atoms with van der Waals surface area (Å²) in [6.07, 6.45) is 5.96. The molecule has 1 aromatic heterocycles. The lowest BCUT2D eigenvalue weighted by Gasteiger charge is -2.25. The Balaban J connectivity index is 1.87. The average Bonchev–Trinajstić information content (AvgIpc) is 3.20. The molecule has 144 valence electrons. The minimum Gasteiger partial charge on any atom is -0.376 e. The van der Waals surface area contributed by atoms with Crippen molar-refractivity contribution in [3.63, 3.8) is 0 Å². The van der Waals surface area contributed by atoms with Crippen LogP contribution in [-0.4, -0.2) is 46.6 Å². The van der Waals surface area contributed by atoms with E-state index in [1.165, 1.54) is 0 Å². The predicted octanol–water partition coefficient (Wildman–Crippen LogP) is 4.05. The van der Waals surface area contributed by atoms with E-state index in [1.54, 1.807) is 0 Å². The number of carbonyl (C=O) groups excluding carboxylic acids is 1. The van der Waals surface area contributed by atoms with Crippen molar-refractivity contribution in [1.29, 1.82) is 0 Å². The second kappa shape index (κ2) is 9.09. The van der Waals surface area contributed by atoms with Crippen LogP contribution in [0.4, 0.5) is 0 Å². The molecule has 1 aliphatic heterocycles. The number of hydrogen-bond acceptors (Lipinski definition) is 4. The number of aryl methyl sites for hydroxylation is 2. The van der Waals surface area contributed by atoms with Crippen molar-refractivity contribution in [3.8, 4) is 11.3 Å². The van der Waals surface area contributed by atoms with E-state index in [0.29, 0.717) is 12.1 Å². The van der Waals surface area contributed by atoms with E-state index < -0.39 is 0 Å². The zero-order valence-electron chi connectivity index (χ0n) is 16.6. The Hall–Kier alpha value is -2.27. The Bertz CT molecular complexity index is 785. The molecule has 0 bridgehead atoms. The lowest BCUT2D eigenvalue weighted by Crippen LogP contribution is -2.37. The molecule has 1 aliphatic rings. The Morgan fingerprint density at radius 1 is 1.33 bits per heavy atom. The van der Waals surface area contributed by atoms with Gasteiger partial charge in [-0.05, 0) is 50.3 Å². The van der Waals surface area contributed by atoms with Crippen LogP contribution >= 0.6 is 0 Å². The molecule has 2 aromatic rings. The number of ether oxygens (including phenoxy) is 1. The molecule has 27 heavy (non-hydrogen) atoms. The molecule has 3 rings (SSSR count). The van der Waals surface area contributed by atoms with Gasteiger partial charge in [-0.25, -0.2) is 9.97 Å². The van der Waals surface area contributed by atoms with Gasteiger partial charge in [-0.15, -0.1) is 0 Å². The maximum absolute atomic E-state index is 13.2. The normalized spacial score (nSPS) is 16.5. The summed E-state index contributed by atoms with van der Waals surface area (Å²) in [5, 5.41) is 0. The lowest BCUT2D eigenvalue weighted by molar-refractivity contribution is 0.0526. The first-order valence-corrected chi connectivity index (χ1v) is 9.96. The van der Waals surface area contributed by atoms with Crippen molar-refractivity contribution in [3.05, 3.63) is 47.4 Å². The molecule has 1 aromatic carbocycles. The molecule has 0 saturated carbocycles. The Morgan fingerprint density at radius 2 is 2.19 bits per heavy atom. The third-order valence-electron chi connectivity index (χ3n) is 4.98. The highest BCUT2D eigenvalue weighted by Crippen LogP contribution is 2.24. The van der Waals surface area contributed by atoms with Crippen LogP contribution in [0.2, 0.25) is 0 Å². The molecule has 0 spiro atoms. The summed E-state index contributed by atoms with van der Waals surface area (Å²) >= 11 is 0. The minimum absolute atomic E-state index is 0.0676. The Morgan fingerprint density at radius 3 is 2.89 bits per heavy atom. The quantitative estimate of drug-likeness (QED) is 0.741. The molecule has 0 aliphatic carbocycles. The van der Waals surface area contributed by atoms with Crippen molar-refractivity contribution >= 4 is 5.91 Å². The molecular weight excluding hydrogens is 338 g/mol. The highest BCUT2D eigenvalue weighted by molar-refractivity contribution is 5.95. The van der Waals surface area contributed by atoms with Gasteiger partial charge in [0.05, 0.1) is 11.8 Å². The first-order chi connectivity index (χ1) is 13.1. The van der Waals surface area contributed by atoms with Crippen LogP contribution in [0.15, 0.2) is 30.5 Å². The molecule has 2 heterocycles. The molecule has 1 fully saturated rings. The number of carbonyl (C=O) groups is 1. The van der Waals surface area contributed by atoms with Gasteiger partial charge in [0, 0.05) is 37.0 Å². The van der Waals surface area contributed by atoms with E-state index in [9.17, 15) is 4.79 Å². The van der Waals surface area contributed by atoms with Gasteiger partial charge in [0.2, 0.25) is 0 Å². The SMILES string of the molecule is CCCN(C[C@@H]1CCCO1)C(=O)c1cccc(-c2nc(C)ncc2CC)c1. The van der Waals surface area contributed by atoms with Gasteiger partial charge in [0.1, 0.15) is 5.82 Å². The smallest absolute Gasteiger partial charge is 0.253 e. The topological polar surface area (TPSA) is 55.3 Å². The number of aromatic nitrogens is 2. The highest BCUT2D eigenvalue weighted by Gasteiger charge is 2.23. The van der Waals surface area contributed by atoms with Gasteiger partial charge in [-0.1, -0.05) is 26.0 Å². The van der Waals surface area contributed by atoms with Gasteiger partial charge < -0.3 is 9.64 Å². The van der Waals surface area contributed by atoms with E-state index in [0.717, 1.165) is 61.5 Å². The first kappa shape index (κ1) is 19.5. The van der Waals surface area contributed by atoms with E-state index in [-0.39, 0.29) is 12.0 Å². The molecule has 5 heteroatoms. The van der Waals surface area contributed by atoms with Crippen molar-refractivity contribution in [1.82, 2.24) is 14.9 Å². The van der Waals surface area contributed by atoms with E-state index in [4.69, 9.17) is 4.74 Å². The second-order valence-electron chi connectivity index (χ2n) is 7.11. The minimum atomic E-state index is 0.0676. The molecule has 1 atom stereocenters. The summed E-state index contributed by atoms with van der Waals surface area (Å²) in [5.74, 6) is 0.808. The van der Waals surface area contributed by atoms with Gasteiger partial charge in [-0.2, -0.15) is 0 Å². The van der Waals surface area contributed by atoms with Gasteiger partial charge in [0.25, 0.3) is 5.91 Å². The van der Waals surface area contributed by atoms with Crippen molar-refractivity contribution < 1.29 is 9.53 Å². The van der Waals surface area contributed by atoms with Crippen LogP contribution < -0.4 is 0 Å². The van der Waals surface area contributed by atoms with E-state index >= 15 is 0 Å². The van der Waals surface area contributed by atoms with Crippen molar-refractivity contribution in [2.45, 2.75) is 52.6 Å². The number of rotatable bonds is 7. The summed E-state index contributed by atoms with van der Waals surface area (Å²) in [6, 6.07) is 7.81. The third-order valence-corrected chi connectivity index (χ3v) is 4.98. The van der Waals surface area contributed by atoms with E-state index in [2.05, 4.69) is 23.8 Å². The summed E-state index contributed by atoms with van der Waals surface area (Å²) in [6.45, 7) is 8.31. The van der Waals surface area contributed by atoms with Crippen molar-refractivity contribution in [2.75, 3.05) is 19.7 Å². The second-order valence-corrected chi connectivity index (χ2v) is 7.11. The summed E-state index contributed by atoms with van der Waals surface area (Å²) in [5.41, 5.74) is 3.69. The van der Waals surface area contributed by atoms with Crippen molar-refractivity contribution in [2.24, 2.45) is 0 Å². The average molecular weight is 367 g/mol. The fourth-order valence-electron chi connectivity index (χ4n) is 3.57. The lowest BCUT2D eigenvalue weighted by atomic mass is 10.0. The largest absolute Gasteiger partial charge is 0.376 e. The number of benzene rings is 1. The number of amides is 1. The molecule has 1 amide bonds. The standard InChI is InChI=1S/C22H29N3O2/c1-4-11-25(15-20-10-7-12-27-20)22(26)19-9-6-8-18(13-19)21-17(5-2)14-23-16(3)24-21/h6,8-9,13-14,20H,4-5,7,10-12,15H2,1-3H3/t20-/m0/s1. The molecule has 0 radical (unpaired) electrons. The van der Waals surface area contributed by atoms with Crippen LogP contribution in [-0.2, 0) is 11.2 Å². The molecule has 1 saturated heterocycles. The van der Waals surface area contributed by atoms with E-state index in [1.807, 2.05) is 42.3 Å². The Labute approximate surface area is 161 Å². The highest BCUT2D eigenvalue weighted by atomic mass is 16.5. The predicted molar refractivity (Wildman–Crippen MR) is 107 cm³/mol. The summed E-state index contributed by atoms with van der Waals surface area (Å²) in [7, 11) is 0. The van der Waals surface area contributed by atoms with Crippen LogP contribution in [0.1, 0.15) is 54.9 Å². The van der Waals surface area contributed by atoms with Crippen LogP contribution in [0.25, 0.3) is 11.3 Å². The Kier molecular flexibility index (Phi) is 6.56. The van der Waals surface area contributed by atoms with Gasteiger partial charge in [0.15, 0.2) is 0 Å². The summed E-state index contributed by atoms with van der Waals surface area (Å²) in [4.78, 5) is 24.0. The fourth-order valence-corrected chi connectivity index (χ4v) is 3.57. The zero-order valence-corrected chi connectivity index (χ0v) is 16.6. The van der Waals surface area contributed by atoms with Crippen LogP contribution in [0, 0.1) is 6.92 Å². The first-order valence-electron chi connectivity index (χ1n) is 9.96. The maximum atomic E-state index is 13.2. The molecular formula is C22H29N3O2. The number of hydrogen-bond donors (Lipinski definition) is 0. The summed E-state index contributed by atoms with van der Waals surface area (Å²) < 4.78 is 5.74. The number of nitrogens with zero attached hydrogens (tertiary/aromatic N) is 3. The zero-order chi connectivity index (χ0) is 19.2. The van der Waals surface area contributed by atoms with Gasteiger partial charge in [-0.3, -0.25) is 4.79 Å².